The maximum atomic E-state index is 12.3. The first-order valence-corrected chi connectivity index (χ1v) is 12.2. The van der Waals surface area contributed by atoms with E-state index in [2.05, 4.69) is 32.7 Å². The third-order valence-corrected chi connectivity index (χ3v) is 5.81. The van der Waals surface area contributed by atoms with Crippen molar-refractivity contribution in [1.82, 2.24) is 9.55 Å². The molecule has 0 amide bonds. The van der Waals surface area contributed by atoms with Crippen LogP contribution in [0.25, 0.3) is 0 Å². The van der Waals surface area contributed by atoms with Crippen molar-refractivity contribution in [3.8, 4) is 0 Å². The second-order valence-electron chi connectivity index (χ2n) is 9.59. The second-order valence-corrected chi connectivity index (χ2v) is 9.59. The van der Waals surface area contributed by atoms with E-state index < -0.39 is 0 Å². The Labute approximate surface area is 187 Å². The van der Waals surface area contributed by atoms with Gasteiger partial charge in [-0.3, -0.25) is 14.6 Å². The molecule has 1 rings (SSSR count). The van der Waals surface area contributed by atoms with Crippen LogP contribution in [0.3, 0.4) is 0 Å². The molecule has 178 valence electrons. The average Bonchev–Trinajstić information content (AvgIpc) is 2.70. The normalized spacial score (nSPS) is 12.5. The minimum atomic E-state index is -0.319. The van der Waals surface area contributed by atoms with Crippen LogP contribution in [0.15, 0.2) is 15.8 Å². The fourth-order valence-electron chi connectivity index (χ4n) is 3.83. The quantitative estimate of drug-likeness (QED) is 0.285. The van der Waals surface area contributed by atoms with Crippen molar-refractivity contribution in [2.45, 2.75) is 105 Å². The lowest BCUT2D eigenvalue weighted by Gasteiger charge is -2.21. The Bertz CT molecular complexity index is 749. The minimum absolute atomic E-state index is 0.0202. The number of esters is 1. The van der Waals surface area contributed by atoms with Crippen molar-refractivity contribution in [3.05, 3.63) is 32.6 Å². The molecule has 6 heteroatoms. The van der Waals surface area contributed by atoms with Gasteiger partial charge in [0.15, 0.2) is 0 Å². The largest absolute Gasteiger partial charge is 0.465 e. The van der Waals surface area contributed by atoms with Crippen LogP contribution < -0.4 is 11.2 Å². The van der Waals surface area contributed by atoms with E-state index in [0.717, 1.165) is 32.1 Å². The molecule has 1 atom stereocenters. The van der Waals surface area contributed by atoms with Crippen molar-refractivity contribution in [2.24, 2.45) is 17.8 Å². The second kappa shape index (κ2) is 15.0. The Balaban J connectivity index is 2.01. The van der Waals surface area contributed by atoms with Crippen LogP contribution in [0.1, 0.15) is 97.5 Å². The van der Waals surface area contributed by atoms with E-state index in [-0.39, 0.29) is 23.1 Å². The standard InChI is InChI=1S/C25H44N2O4/c1-19(2)17-22(20(3)4)24(29)31-16-14-12-10-8-6-7-9-11-13-15-27-18-21(5)23(28)26-25(27)30/h18-20,22H,6-17H2,1-5H3,(H,26,28,30). The van der Waals surface area contributed by atoms with Gasteiger partial charge in [0.2, 0.25) is 0 Å². The number of rotatable bonds is 16. The third-order valence-electron chi connectivity index (χ3n) is 5.81. The molecule has 0 aromatic carbocycles. The van der Waals surface area contributed by atoms with Gasteiger partial charge in [-0.05, 0) is 38.0 Å². The van der Waals surface area contributed by atoms with Crippen LogP contribution in [-0.2, 0) is 16.1 Å². The van der Waals surface area contributed by atoms with Crippen LogP contribution >= 0.6 is 0 Å². The van der Waals surface area contributed by atoms with E-state index in [4.69, 9.17) is 4.74 Å². The van der Waals surface area contributed by atoms with Crippen molar-refractivity contribution >= 4 is 5.97 Å². The van der Waals surface area contributed by atoms with E-state index in [0.29, 0.717) is 30.6 Å². The van der Waals surface area contributed by atoms with Crippen molar-refractivity contribution < 1.29 is 9.53 Å². The summed E-state index contributed by atoms with van der Waals surface area (Å²) in [6, 6.07) is 0. The molecule has 0 aliphatic carbocycles. The van der Waals surface area contributed by atoms with Crippen LogP contribution in [0.5, 0.6) is 0 Å². The van der Waals surface area contributed by atoms with E-state index in [9.17, 15) is 14.4 Å². The Morgan fingerprint density at radius 2 is 1.48 bits per heavy atom. The molecule has 1 unspecified atom stereocenters. The highest BCUT2D eigenvalue weighted by Crippen LogP contribution is 2.22. The molecule has 1 aromatic rings. The van der Waals surface area contributed by atoms with Gasteiger partial charge in [-0.25, -0.2) is 4.79 Å². The fraction of sp³-hybridized carbons (Fsp3) is 0.800. The molecule has 31 heavy (non-hydrogen) atoms. The summed E-state index contributed by atoms with van der Waals surface area (Å²) in [5.41, 5.74) is -0.0455. The van der Waals surface area contributed by atoms with E-state index >= 15 is 0 Å². The zero-order chi connectivity index (χ0) is 23.2. The molecule has 1 N–H and O–H groups in total. The summed E-state index contributed by atoms with van der Waals surface area (Å²) in [4.78, 5) is 37.7. The highest BCUT2D eigenvalue weighted by Gasteiger charge is 2.24. The van der Waals surface area contributed by atoms with Gasteiger partial charge < -0.3 is 9.30 Å². The first-order valence-electron chi connectivity index (χ1n) is 12.2. The Morgan fingerprint density at radius 1 is 0.935 bits per heavy atom. The summed E-state index contributed by atoms with van der Waals surface area (Å²) in [5, 5.41) is 0. The topological polar surface area (TPSA) is 81.2 Å². The molecule has 1 aromatic heterocycles. The summed E-state index contributed by atoms with van der Waals surface area (Å²) < 4.78 is 7.11. The van der Waals surface area contributed by atoms with Gasteiger partial charge in [0.1, 0.15) is 0 Å². The van der Waals surface area contributed by atoms with Gasteiger partial charge in [0.25, 0.3) is 5.56 Å². The number of H-pyrrole nitrogens is 1. The summed E-state index contributed by atoms with van der Waals surface area (Å²) in [5.74, 6) is 0.836. The van der Waals surface area contributed by atoms with Gasteiger partial charge in [0, 0.05) is 18.3 Å². The number of carbonyl (C=O) groups excluding carboxylic acids is 1. The lowest BCUT2D eigenvalue weighted by atomic mass is 9.88. The number of unbranched alkanes of at least 4 members (excludes halogenated alkanes) is 8. The SMILES string of the molecule is Cc1cn(CCCCCCCCCCCOC(=O)C(CC(C)C)C(C)C)c(=O)[nH]c1=O. The summed E-state index contributed by atoms with van der Waals surface area (Å²) in [6.07, 6.45) is 12.6. The van der Waals surface area contributed by atoms with Crippen LogP contribution in [0, 0.1) is 24.7 Å². The Hall–Kier alpha value is -1.85. The Kier molecular flexibility index (Phi) is 13.2. The number of carbonyl (C=O) groups is 1. The van der Waals surface area contributed by atoms with Gasteiger partial charge in [0.05, 0.1) is 12.5 Å². The van der Waals surface area contributed by atoms with Crippen LogP contribution in [-0.4, -0.2) is 22.1 Å². The first-order chi connectivity index (χ1) is 14.7. The molecule has 0 radical (unpaired) electrons. The number of nitrogens with one attached hydrogen (secondary N) is 1. The average molecular weight is 437 g/mol. The van der Waals surface area contributed by atoms with Gasteiger partial charge in [-0.15, -0.1) is 0 Å². The van der Waals surface area contributed by atoms with E-state index in [1.165, 1.54) is 32.1 Å². The predicted octanol–water partition coefficient (Wildman–Crippen LogP) is 5.22. The molecule has 0 spiro atoms. The number of ether oxygens (including phenoxy) is 1. The predicted molar refractivity (Wildman–Crippen MR) is 126 cm³/mol. The molecule has 0 aliphatic heterocycles. The molecular formula is C25H44N2O4. The van der Waals surface area contributed by atoms with Crippen molar-refractivity contribution in [1.29, 1.82) is 0 Å². The first kappa shape index (κ1) is 27.2. The molecule has 0 saturated carbocycles. The lowest BCUT2D eigenvalue weighted by Crippen LogP contribution is -2.30. The highest BCUT2D eigenvalue weighted by atomic mass is 16.5. The molecule has 6 nitrogen and oxygen atoms in total. The smallest absolute Gasteiger partial charge is 0.328 e. The maximum absolute atomic E-state index is 12.3. The maximum Gasteiger partial charge on any atom is 0.328 e. The number of nitrogens with zero attached hydrogens (tertiary/aromatic N) is 1. The molecule has 0 bridgehead atoms. The summed E-state index contributed by atoms with van der Waals surface area (Å²) in [7, 11) is 0. The summed E-state index contributed by atoms with van der Waals surface area (Å²) in [6.45, 7) is 11.4. The zero-order valence-corrected chi connectivity index (χ0v) is 20.4. The van der Waals surface area contributed by atoms with E-state index in [1.54, 1.807) is 17.7 Å². The molecule has 0 aliphatic rings. The lowest BCUT2D eigenvalue weighted by molar-refractivity contribution is -0.151. The number of aryl methyl sites for hydroxylation is 2. The van der Waals surface area contributed by atoms with Gasteiger partial charge >= 0.3 is 11.7 Å². The third kappa shape index (κ3) is 11.4. The number of hydrogen-bond donors (Lipinski definition) is 1. The number of hydrogen-bond acceptors (Lipinski definition) is 4. The molecular weight excluding hydrogens is 392 g/mol. The number of aromatic nitrogens is 2. The van der Waals surface area contributed by atoms with Gasteiger partial charge in [-0.2, -0.15) is 0 Å². The summed E-state index contributed by atoms with van der Waals surface area (Å²) >= 11 is 0. The van der Waals surface area contributed by atoms with Crippen molar-refractivity contribution in [2.75, 3.05) is 6.61 Å². The zero-order valence-electron chi connectivity index (χ0n) is 20.4. The van der Waals surface area contributed by atoms with E-state index in [1.807, 2.05) is 0 Å². The highest BCUT2D eigenvalue weighted by molar-refractivity contribution is 5.72. The fourth-order valence-corrected chi connectivity index (χ4v) is 3.83. The number of aromatic amines is 1. The van der Waals surface area contributed by atoms with Crippen LogP contribution in [0.4, 0.5) is 0 Å². The molecule has 0 saturated heterocycles. The van der Waals surface area contributed by atoms with Crippen molar-refractivity contribution in [3.63, 3.8) is 0 Å². The Morgan fingerprint density at radius 3 is 2.03 bits per heavy atom. The van der Waals surface area contributed by atoms with Gasteiger partial charge in [-0.1, -0.05) is 72.6 Å². The molecule has 1 heterocycles. The monoisotopic (exact) mass is 436 g/mol. The van der Waals surface area contributed by atoms with Crippen LogP contribution in [0.2, 0.25) is 0 Å². The minimum Gasteiger partial charge on any atom is -0.465 e. The molecule has 0 fully saturated rings.